The van der Waals surface area contributed by atoms with Gasteiger partial charge in [0.1, 0.15) is 5.82 Å². The smallest absolute Gasteiger partial charge is 0.224 e. The van der Waals surface area contributed by atoms with Crippen LogP contribution in [-0.4, -0.2) is 36.1 Å². The summed E-state index contributed by atoms with van der Waals surface area (Å²) in [5.41, 5.74) is 5.47. The van der Waals surface area contributed by atoms with Crippen molar-refractivity contribution in [2.24, 2.45) is 5.73 Å². The Bertz CT molecular complexity index is 377. The summed E-state index contributed by atoms with van der Waals surface area (Å²) in [6.07, 6.45) is 6.92. The lowest BCUT2D eigenvalue weighted by atomic mass is 10.2. The summed E-state index contributed by atoms with van der Waals surface area (Å²) in [5.74, 6) is 1.65. The number of rotatable bonds is 4. The predicted molar refractivity (Wildman–Crippen MR) is 78.0 cm³/mol. The summed E-state index contributed by atoms with van der Waals surface area (Å²) in [4.78, 5) is 11.2. The summed E-state index contributed by atoms with van der Waals surface area (Å²) in [7, 11) is 0. The fraction of sp³-hybridized carbons (Fsp3) is 0.667. The molecule has 0 radical (unpaired) electrons. The van der Waals surface area contributed by atoms with Gasteiger partial charge in [-0.15, -0.1) is 0 Å². The zero-order chi connectivity index (χ0) is 12.8. The average Bonchev–Trinajstić information content (AvgIpc) is 2.66. The minimum atomic E-state index is 0.582. The number of nitrogens with two attached hydrogens (primary N) is 1. The molecule has 5 nitrogen and oxygen atoms in total. The molecule has 1 aromatic rings. The molecule has 0 aromatic carbocycles. The van der Waals surface area contributed by atoms with Gasteiger partial charge in [-0.3, -0.25) is 0 Å². The molecule has 1 saturated heterocycles. The highest BCUT2D eigenvalue weighted by Crippen LogP contribution is 2.26. The Labute approximate surface area is 116 Å². The molecule has 0 spiro atoms. The van der Waals surface area contributed by atoms with E-state index < -0.39 is 0 Å². The van der Waals surface area contributed by atoms with E-state index >= 15 is 0 Å². The number of nitrogens with zero attached hydrogens (tertiary/aromatic N) is 3. The van der Waals surface area contributed by atoms with Crippen LogP contribution in [0.4, 0.5) is 11.8 Å². The first-order valence-electron chi connectivity index (χ1n) is 6.52. The highest BCUT2D eigenvalue weighted by molar-refractivity contribution is 9.10. The van der Waals surface area contributed by atoms with E-state index in [1.807, 2.05) is 6.20 Å². The van der Waals surface area contributed by atoms with Crippen LogP contribution in [0.5, 0.6) is 0 Å². The van der Waals surface area contributed by atoms with Crippen LogP contribution in [0.15, 0.2) is 10.7 Å². The minimum absolute atomic E-state index is 0.582. The van der Waals surface area contributed by atoms with Gasteiger partial charge in [0.2, 0.25) is 5.95 Å². The maximum absolute atomic E-state index is 5.47. The Hall–Kier alpha value is -0.880. The molecule has 0 bridgehead atoms. The summed E-state index contributed by atoms with van der Waals surface area (Å²) in [6.45, 7) is 3.43. The van der Waals surface area contributed by atoms with E-state index in [1.54, 1.807) is 0 Å². The molecule has 0 unspecified atom stereocenters. The van der Waals surface area contributed by atoms with Gasteiger partial charge >= 0.3 is 0 Å². The second-order valence-electron chi connectivity index (χ2n) is 4.48. The lowest BCUT2D eigenvalue weighted by Crippen LogP contribution is -2.26. The largest absolute Gasteiger partial charge is 0.356 e. The van der Waals surface area contributed by atoms with E-state index in [2.05, 4.69) is 36.1 Å². The Morgan fingerprint density at radius 2 is 2.00 bits per heavy atom. The van der Waals surface area contributed by atoms with Gasteiger partial charge in [0.05, 0.1) is 4.47 Å². The molecular formula is C12H20BrN5. The quantitative estimate of drug-likeness (QED) is 0.890. The van der Waals surface area contributed by atoms with Crippen LogP contribution in [0.1, 0.15) is 25.7 Å². The molecule has 3 N–H and O–H groups in total. The molecule has 2 rings (SSSR count). The van der Waals surface area contributed by atoms with Gasteiger partial charge in [-0.2, -0.15) is 4.98 Å². The third-order valence-corrected chi connectivity index (χ3v) is 3.62. The van der Waals surface area contributed by atoms with E-state index in [1.165, 1.54) is 25.7 Å². The van der Waals surface area contributed by atoms with Crippen molar-refractivity contribution in [2.75, 3.05) is 36.4 Å². The molecule has 1 fully saturated rings. The van der Waals surface area contributed by atoms with Crippen molar-refractivity contribution in [3.63, 3.8) is 0 Å². The highest BCUT2D eigenvalue weighted by Gasteiger charge is 2.15. The number of halogens is 1. The summed E-state index contributed by atoms with van der Waals surface area (Å²) in [6, 6.07) is 0. The van der Waals surface area contributed by atoms with Gasteiger partial charge in [-0.25, -0.2) is 4.98 Å². The molecule has 0 aliphatic carbocycles. The van der Waals surface area contributed by atoms with E-state index in [0.717, 1.165) is 23.4 Å². The maximum Gasteiger partial charge on any atom is 0.224 e. The number of anilines is 2. The molecule has 1 aliphatic rings. The second-order valence-corrected chi connectivity index (χ2v) is 5.34. The summed E-state index contributed by atoms with van der Waals surface area (Å²) >= 11 is 3.54. The van der Waals surface area contributed by atoms with E-state index in [9.17, 15) is 0 Å². The standard InChI is InChI=1S/C12H20BrN5/c13-10-9-16-12(15-6-5-14)17-11(10)18-7-3-1-2-4-8-18/h9H,1-8,14H2,(H,15,16,17). The Kier molecular flexibility index (Phi) is 5.19. The lowest BCUT2D eigenvalue weighted by Gasteiger charge is -2.22. The predicted octanol–water partition coefficient (Wildman–Crippen LogP) is 1.99. The van der Waals surface area contributed by atoms with Crippen LogP contribution in [-0.2, 0) is 0 Å². The van der Waals surface area contributed by atoms with Crippen molar-refractivity contribution in [3.8, 4) is 0 Å². The normalized spacial score (nSPS) is 16.4. The van der Waals surface area contributed by atoms with Crippen molar-refractivity contribution in [3.05, 3.63) is 10.7 Å². The fourth-order valence-electron chi connectivity index (χ4n) is 2.13. The van der Waals surface area contributed by atoms with E-state index in [-0.39, 0.29) is 0 Å². The van der Waals surface area contributed by atoms with Crippen LogP contribution in [0.25, 0.3) is 0 Å². The third-order valence-electron chi connectivity index (χ3n) is 3.06. The topological polar surface area (TPSA) is 67.1 Å². The van der Waals surface area contributed by atoms with Crippen molar-refractivity contribution in [1.29, 1.82) is 0 Å². The van der Waals surface area contributed by atoms with Crippen molar-refractivity contribution < 1.29 is 0 Å². The van der Waals surface area contributed by atoms with Crippen LogP contribution in [0, 0.1) is 0 Å². The molecule has 1 aromatic heterocycles. The van der Waals surface area contributed by atoms with Gasteiger partial charge in [0, 0.05) is 32.4 Å². The highest BCUT2D eigenvalue weighted by atomic mass is 79.9. The van der Waals surface area contributed by atoms with E-state index in [4.69, 9.17) is 5.73 Å². The van der Waals surface area contributed by atoms with Crippen LogP contribution in [0.2, 0.25) is 0 Å². The Morgan fingerprint density at radius 1 is 1.28 bits per heavy atom. The SMILES string of the molecule is NCCNc1ncc(Br)c(N2CCCCCC2)n1. The maximum atomic E-state index is 5.47. The lowest BCUT2D eigenvalue weighted by molar-refractivity contribution is 0.726. The first kappa shape index (κ1) is 13.5. The van der Waals surface area contributed by atoms with Crippen LogP contribution < -0.4 is 16.0 Å². The molecular weight excluding hydrogens is 294 g/mol. The number of hydrogen-bond acceptors (Lipinski definition) is 5. The first-order valence-corrected chi connectivity index (χ1v) is 7.32. The molecule has 18 heavy (non-hydrogen) atoms. The number of nitrogens with one attached hydrogen (secondary N) is 1. The van der Waals surface area contributed by atoms with Gasteiger partial charge in [-0.1, -0.05) is 12.8 Å². The van der Waals surface area contributed by atoms with Crippen LogP contribution in [0.3, 0.4) is 0 Å². The number of hydrogen-bond donors (Lipinski definition) is 2. The number of aromatic nitrogens is 2. The van der Waals surface area contributed by atoms with Crippen molar-refractivity contribution in [1.82, 2.24) is 9.97 Å². The van der Waals surface area contributed by atoms with Gasteiger partial charge in [-0.05, 0) is 28.8 Å². The third kappa shape index (κ3) is 3.55. The summed E-state index contributed by atoms with van der Waals surface area (Å²) in [5, 5.41) is 3.12. The molecule has 0 amide bonds. The van der Waals surface area contributed by atoms with Gasteiger partial charge in [0.15, 0.2) is 0 Å². The zero-order valence-corrected chi connectivity index (χ0v) is 12.1. The molecule has 1 aliphatic heterocycles. The van der Waals surface area contributed by atoms with Gasteiger partial charge < -0.3 is 16.0 Å². The molecule has 2 heterocycles. The van der Waals surface area contributed by atoms with Crippen molar-refractivity contribution >= 4 is 27.7 Å². The minimum Gasteiger partial charge on any atom is -0.356 e. The summed E-state index contributed by atoms with van der Waals surface area (Å²) < 4.78 is 0.961. The van der Waals surface area contributed by atoms with Crippen LogP contribution >= 0.6 is 15.9 Å². The molecule has 0 saturated carbocycles. The Balaban J connectivity index is 2.13. The van der Waals surface area contributed by atoms with E-state index in [0.29, 0.717) is 19.0 Å². The van der Waals surface area contributed by atoms with Gasteiger partial charge in [0.25, 0.3) is 0 Å². The average molecular weight is 314 g/mol. The molecule has 6 heteroatoms. The fourth-order valence-corrected chi connectivity index (χ4v) is 2.57. The molecule has 0 atom stereocenters. The second kappa shape index (κ2) is 6.89. The van der Waals surface area contributed by atoms with Crippen molar-refractivity contribution in [2.45, 2.75) is 25.7 Å². The molecule has 100 valence electrons. The Morgan fingerprint density at radius 3 is 2.67 bits per heavy atom. The first-order chi connectivity index (χ1) is 8.81. The monoisotopic (exact) mass is 313 g/mol. The zero-order valence-electron chi connectivity index (χ0n) is 10.5.